The van der Waals surface area contributed by atoms with E-state index in [4.69, 9.17) is 4.74 Å². The van der Waals surface area contributed by atoms with Gasteiger partial charge in [-0.05, 0) is 23.5 Å². The first-order valence-electron chi connectivity index (χ1n) is 5.78. The fourth-order valence-corrected chi connectivity index (χ4v) is 2.81. The Kier molecular flexibility index (Phi) is 2.88. The van der Waals surface area contributed by atoms with Gasteiger partial charge in [0.1, 0.15) is 10.8 Å². The SMILES string of the molecule is COC1=Cc2c(SC)n[nH]c2C2=CC=CC=C1C2. The highest BCUT2D eigenvalue weighted by atomic mass is 32.2. The van der Waals surface area contributed by atoms with Gasteiger partial charge in [0.25, 0.3) is 0 Å². The molecule has 1 heterocycles. The number of rotatable bonds is 2. The Morgan fingerprint density at radius 3 is 2.78 bits per heavy atom. The molecule has 2 bridgehead atoms. The van der Waals surface area contributed by atoms with Crippen molar-refractivity contribution < 1.29 is 4.74 Å². The van der Waals surface area contributed by atoms with Crippen molar-refractivity contribution in [2.45, 2.75) is 11.4 Å². The molecule has 0 unspecified atom stereocenters. The number of aromatic amines is 1. The molecular weight excluding hydrogens is 244 g/mol. The Bertz CT molecular complexity index is 605. The van der Waals surface area contributed by atoms with E-state index in [2.05, 4.69) is 34.5 Å². The maximum Gasteiger partial charge on any atom is 0.126 e. The van der Waals surface area contributed by atoms with Gasteiger partial charge in [-0.2, -0.15) is 5.10 Å². The van der Waals surface area contributed by atoms with Gasteiger partial charge in [0, 0.05) is 12.0 Å². The normalized spacial score (nSPS) is 17.1. The number of nitrogens with one attached hydrogen (secondary N) is 1. The summed E-state index contributed by atoms with van der Waals surface area (Å²) in [5, 5.41) is 8.51. The zero-order valence-corrected chi connectivity index (χ0v) is 11.2. The molecule has 3 nitrogen and oxygen atoms in total. The van der Waals surface area contributed by atoms with Crippen LogP contribution in [0.25, 0.3) is 11.6 Å². The standard InChI is InChI=1S/C14H14N2OS/c1-17-12-8-11-13(15-16-14(11)18-2)10-6-4-3-5-9(12)7-10/h3-6,8H,7H2,1-2H3,(H,15,16). The molecule has 0 aliphatic heterocycles. The second-order valence-electron chi connectivity index (χ2n) is 4.18. The highest BCUT2D eigenvalue weighted by Crippen LogP contribution is 2.37. The topological polar surface area (TPSA) is 37.9 Å². The Hall–Kier alpha value is -1.68. The Morgan fingerprint density at radius 1 is 1.28 bits per heavy atom. The van der Waals surface area contributed by atoms with E-state index in [-0.39, 0.29) is 0 Å². The van der Waals surface area contributed by atoms with Crippen LogP contribution in [0.15, 0.2) is 40.7 Å². The molecule has 3 rings (SSSR count). The van der Waals surface area contributed by atoms with Crippen LogP contribution >= 0.6 is 11.8 Å². The maximum atomic E-state index is 5.52. The van der Waals surface area contributed by atoms with Gasteiger partial charge in [0.2, 0.25) is 0 Å². The number of allylic oxidation sites excluding steroid dienone is 6. The van der Waals surface area contributed by atoms with Crippen molar-refractivity contribution in [1.82, 2.24) is 10.2 Å². The lowest BCUT2D eigenvalue weighted by Gasteiger charge is -2.08. The number of thioether (sulfide) groups is 1. The minimum atomic E-state index is 0.871. The van der Waals surface area contributed by atoms with Crippen LogP contribution < -0.4 is 0 Å². The van der Waals surface area contributed by atoms with Gasteiger partial charge in [-0.15, -0.1) is 11.8 Å². The molecule has 0 amide bonds. The summed E-state index contributed by atoms with van der Waals surface area (Å²) in [6, 6.07) is 0. The Labute approximate surface area is 110 Å². The summed E-state index contributed by atoms with van der Waals surface area (Å²) in [7, 11) is 1.72. The summed E-state index contributed by atoms with van der Waals surface area (Å²) in [6.45, 7) is 0. The van der Waals surface area contributed by atoms with Crippen LogP contribution in [0.2, 0.25) is 0 Å². The van der Waals surface area contributed by atoms with Gasteiger partial charge < -0.3 is 4.74 Å². The number of hydrogen-bond acceptors (Lipinski definition) is 3. The van der Waals surface area contributed by atoms with Crippen molar-refractivity contribution in [2.24, 2.45) is 0 Å². The minimum absolute atomic E-state index is 0.871. The lowest BCUT2D eigenvalue weighted by molar-refractivity contribution is 0.304. The zero-order chi connectivity index (χ0) is 12.5. The Morgan fingerprint density at radius 2 is 2.06 bits per heavy atom. The molecule has 0 atom stereocenters. The predicted molar refractivity (Wildman–Crippen MR) is 75.2 cm³/mol. The Balaban J connectivity index is 2.26. The van der Waals surface area contributed by atoms with Crippen LogP contribution in [0.5, 0.6) is 0 Å². The largest absolute Gasteiger partial charge is 0.496 e. The van der Waals surface area contributed by atoms with Gasteiger partial charge in [0.15, 0.2) is 0 Å². The van der Waals surface area contributed by atoms with E-state index >= 15 is 0 Å². The van der Waals surface area contributed by atoms with Crippen molar-refractivity contribution in [1.29, 1.82) is 0 Å². The molecule has 92 valence electrons. The lowest BCUT2D eigenvalue weighted by atomic mass is 10.0. The monoisotopic (exact) mass is 258 g/mol. The first-order valence-corrected chi connectivity index (χ1v) is 7.01. The van der Waals surface area contributed by atoms with Crippen LogP contribution in [0, 0.1) is 0 Å². The van der Waals surface area contributed by atoms with Crippen molar-refractivity contribution in [3.05, 3.63) is 46.9 Å². The quantitative estimate of drug-likeness (QED) is 0.826. The molecule has 4 heteroatoms. The number of methoxy groups -OCH3 is 1. The number of aromatic nitrogens is 2. The third kappa shape index (κ3) is 1.73. The summed E-state index contributed by atoms with van der Waals surface area (Å²) in [6.07, 6.45) is 13.3. The van der Waals surface area contributed by atoms with Crippen LogP contribution in [0.3, 0.4) is 0 Å². The van der Waals surface area contributed by atoms with E-state index in [0.29, 0.717) is 0 Å². The second kappa shape index (κ2) is 4.53. The van der Waals surface area contributed by atoms with E-state index in [0.717, 1.165) is 28.5 Å². The van der Waals surface area contributed by atoms with E-state index in [1.54, 1.807) is 18.9 Å². The predicted octanol–water partition coefficient (Wildman–Crippen LogP) is 3.40. The first-order chi connectivity index (χ1) is 8.83. The molecule has 2 aliphatic rings. The molecular formula is C14H14N2OS. The van der Waals surface area contributed by atoms with Crippen molar-refractivity contribution in [2.75, 3.05) is 13.4 Å². The fourth-order valence-electron chi connectivity index (χ4n) is 2.29. The molecule has 0 saturated heterocycles. The fraction of sp³-hybridized carbons (Fsp3) is 0.214. The van der Waals surface area contributed by atoms with Crippen LogP contribution in [0.4, 0.5) is 0 Å². The molecule has 1 aromatic heterocycles. The molecule has 2 aliphatic carbocycles. The number of H-pyrrole nitrogens is 1. The average molecular weight is 258 g/mol. The van der Waals surface area contributed by atoms with Crippen molar-refractivity contribution in [3.63, 3.8) is 0 Å². The van der Waals surface area contributed by atoms with E-state index < -0.39 is 0 Å². The van der Waals surface area contributed by atoms with E-state index in [1.165, 1.54) is 11.1 Å². The molecule has 18 heavy (non-hydrogen) atoms. The summed E-state index contributed by atoms with van der Waals surface area (Å²) in [5.74, 6) is 0.919. The number of ether oxygens (including phenoxy) is 1. The third-order valence-electron chi connectivity index (χ3n) is 3.18. The molecule has 0 saturated carbocycles. The summed E-state index contributed by atoms with van der Waals surface area (Å²) in [5.41, 5.74) is 4.68. The van der Waals surface area contributed by atoms with Gasteiger partial charge in [-0.25, -0.2) is 0 Å². The van der Waals surface area contributed by atoms with E-state index in [1.807, 2.05) is 12.3 Å². The maximum absolute atomic E-state index is 5.52. The van der Waals surface area contributed by atoms with Gasteiger partial charge >= 0.3 is 0 Å². The number of nitrogens with zero attached hydrogens (tertiary/aromatic N) is 1. The highest BCUT2D eigenvalue weighted by molar-refractivity contribution is 7.98. The molecule has 1 aromatic rings. The van der Waals surface area contributed by atoms with E-state index in [9.17, 15) is 0 Å². The van der Waals surface area contributed by atoms with Crippen molar-refractivity contribution in [3.8, 4) is 0 Å². The number of hydrogen-bond donors (Lipinski definition) is 1. The average Bonchev–Trinajstić information content (AvgIpc) is 2.58. The summed E-state index contributed by atoms with van der Waals surface area (Å²) >= 11 is 1.64. The minimum Gasteiger partial charge on any atom is -0.496 e. The van der Waals surface area contributed by atoms with Gasteiger partial charge in [-0.1, -0.05) is 24.3 Å². The van der Waals surface area contributed by atoms with Crippen LogP contribution in [-0.2, 0) is 4.74 Å². The van der Waals surface area contributed by atoms with Gasteiger partial charge in [-0.3, -0.25) is 5.10 Å². The van der Waals surface area contributed by atoms with Gasteiger partial charge in [0.05, 0.1) is 12.8 Å². The first kappa shape index (κ1) is 11.4. The second-order valence-corrected chi connectivity index (χ2v) is 4.97. The zero-order valence-electron chi connectivity index (χ0n) is 10.4. The summed E-state index contributed by atoms with van der Waals surface area (Å²) in [4.78, 5) is 0. The van der Waals surface area contributed by atoms with Crippen LogP contribution in [-0.4, -0.2) is 23.6 Å². The molecule has 1 N–H and O–H groups in total. The molecule has 0 radical (unpaired) electrons. The number of fused-ring (bicyclic) bond motifs is 4. The highest BCUT2D eigenvalue weighted by Gasteiger charge is 2.22. The van der Waals surface area contributed by atoms with Crippen LogP contribution in [0.1, 0.15) is 17.7 Å². The molecule has 0 fully saturated rings. The molecule has 0 aromatic carbocycles. The van der Waals surface area contributed by atoms with Crippen molar-refractivity contribution >= 4 is 23.4 Å². The summed E-state index contributed by atoms with van der Waals surface area (Å²) < 4.78 is 5.52. The smallest absolute Gasteiger partial charge is 0.126 e. The molecule has 0 spiro atoms. The third-order valence-corrected chi connectivity index (χ3v) is 3.88. The lowest BCUT2D eigenvalue weighted by Crippen LogP contribution is -1.92.